The number of nitrogens with one attached hydrogen (secondary N) is 1. The maximum absolute atomic E-state index is 5.86. The highest BCUT2D eigenvalue weighted by Crippen LogP contribution is 2.29. The van der Waals surface area contributed by atoms with Gasteiger partial charge in [-0.25, -0.2) is 0 Å². The Labute approximate surface area is 98.0 Å². The monoisotopic (exact) mass is 219 g/mol. The Morgan fingerprint density at radius 2 is 2.25 bits per heavy atom. The van der Waals surface area contributed by atoms with E-state index in [9.17, 15) is 0 Å². The van der Waals surface area contributed by atoms with Gasteiger partial charge in [-0.05, 0) is 43.5 Å². The third-order valence-electron chi connectivity index (χ3n) is 3.16. The van der Waals surface area contributed by atoms with Gasteiger partial charge in [0.2, 0.25) is 0 Å². The minimum atomic E-state index is 0.323. The van der Waals surface area contributed by atoms with Crippen molar-refractivity contribution in [1.82, 2.24) is 5.32 Å². The van der Waals surface area contributed by atoms with E-state index in [0.717, 1.165) is 32.5 Å². The third-order valence-corrected chi connectivity index (χ3v) is 3.16. The van der Waals surface area contributed by atoms with Crippen LogP contribution in [0, 0.1) is 0 Å². The lowest BCUT2D eigenvalue weighted by atomic mass is 9.95. The van der Waals surface area contributed by atoms with Crippen molar-refractivity contribution >= 4 is 0 Å². The highest BCUT2D eigenvalue weighted by Gasteiger charge is 2.19. The summed E-state index contributed by atoms with van der Waals surface area (Å²) >= 11 is 0. The lowest BCUT2D eigenvalue weighted by Crippen LogP contribution is -2.19. The zero-order valence-corrected chi connectivity index (χ0v) is 10.0. The summed E-state index contributed by atoms with van der Waals surface area (Å²) in [5, 5.41) is 3.36. The SMILES string of the molecule is CCNCCCC1OCCc2ccccc21. The average molecular weight is 219 g/mol. The predicted octanol–water partition coefficient (Wildman–Crippen LogP) is 2.69. The first-order valence-electron chi connectivity index (χ1n) is 6.32. The van der Waals surface area contributed by atoms with Crippen molar-refractivity contribution in [2.45, 2.75) is 32.3 Å². The van der Waals surface area contributed by atoms with Gasteiger partial charge in [0.1, 0.15) is 0 Å². The molecule has 88 valence electrons. The molecule has 1 N–H and O–H groups in total. The summed E-state index contributed by atoms with van der Waals surface area (Å²) in [6, 6.07) is 8.69. The zero-order chi connectivity index (χ0) is 11.2. The lowest BCUT2D eigenvalue weighted by molar-refractivity contribution is 0.0353. The fourth-order valence-corrected chi connectivity index (χ4v) is 2.30. The van der Waals surface area contributed by atoms with E-state index in [0.29, 0.717) is 6.10 Å². The van der Waals surface area contributed by atoms with Crippen LogP contribution in [0.4, 0.5) is 0 Å². The van der Waals surface area contributed by atoms with Crippen LogP contribution in [0.3, 0.4) is 0 Å². The number of ether oxygens (including phenoxy) is 1. The van der Waals surface area contributed by atoms with Crippen molar-refractivity contribution in [3.8, 4) is 0 Å². The van der Waals surface area contributed by atoms with Gasteiger partial charge in [0.25, 0.3) is 0 Å². The van der Waals surface area contributed by atoms with Crippen molar-refractivity contribution < 1.29 is 4.74 Å². The van der Waals surface area contributed by atoms with Crippen LogP contribution in [0.5, 0.6) is 0 Å². The molecular formula is C14H21NO. The molecule has 2 nitrogen and oxygen atoms in total. The Bertz CT molecular complexity index is 324. The number of hydrogen-bond donors (Lipinski definition) is 1. The molecule has 1 aromatic rings. The summed E-state index contributed by atoms with van der Waals surface area (Å²) < 4.78 is 5.86. The molecule has 0 radical (unpaired) electrons. The minimum absolute atomic E-state index is 0.323. The zero-order valence-electron chi connectivity index (χ0n) is 10.0. The van der Waals surface area contributed by atoms with E-state index >= 15 is 0 Å². The fourth-order valence-electron chi connectivity index (χ4n) is 2.30. The fraction of sp³-hybridized carbons (Fsp3) is 0.571. The predicted molar refractivity (Wildman–Crippen MR) is 66.6 cm³/mol. The molecular weight excluding hydrogens is 198 g/mol. The molecule has 0 fully saturated rings. The lowest BCUT2D eigenvalue weighted by Gasteiger charge is -2.26. The topological polar surface area (TPSA) is 21.3 Å². The maximum atomic E-state index is 5.86. The summed E-state index contributed by atoms with van der Waals surface area (Å²) in [7, 11) is 0. The molecule has 0 spiro atoms. The molecule has 1 aliphatic rings. The second-order valence-electron chi connectivity index (χ2n) is 4.30. The summed E-state index contributed by atoms with van der Waals surface area (Å²) in [6.45, 7) is 5.18. The molecule has 2 rings (SSSR count). The van der Waals surface area contributed by atoms with Crippen molar-refractivity contribution in [2.24, 2.45) is 0 Å². The molecule has 2 heteroatoms. The second-order valence-corrected chi connectivity index (χ2v) is 4.30. The normalized spacial score (nSPS) is 19.4. The number of rotatable bonds is 5. The highest BCUT2D eigenvalue weighted by molar-refractivity contribution is 5.30. The second kappa shape index (κ2) is 6.02. The largest absolute Gasteiger partial charge is 0.373 e. The van der Waals surface area contributed by atoms with Crippen LogP contribution in [-0.4, -0.2) is 19.7 Å². The summed E-state index contributed by atoms with van der Waals surface area (Å²) in [6.07, 6.45) is 3.71. The maximum Gasteiger partial charge on any atom is 0.0828 e. The standard InChI is InChI=1S/C14H21NO/c1-2-15-10-5-8-14-13-7-4-3-6-12(13)9-11-16-14/h3-4,6-7,14-15H,2,5,8-11H2,1H3. The molecule has 0 aromatic heterocycles. The number of fused-ring (bicyclic) bond motifs is 1. The van der Waals surface area contributed by atoms with Crippen LogP contribution in [0.2, 0.25) is 0 Å². The Kier molecular flexibility index (Phi) is 4.37. The Hall–Kier alpha value is -0.860. The first kappa shape index (κ1) is 11.6. The van der Waals surface area contributed by atoms with Crippen LogP contribution >= 0.6 is 0 Å². The van der Waals surface area contributed by atoms with Gasteiger partial charge in [-0.2, -0.15) is 0 Å². The smallest absolute Gasteiger partial charge is 0.0828 e. The molecule has 1 aromatic carbocycles. The van der Waals surface area contributed by atoms with Gasteiger partial charge < -0.3 is 10.1 Å². The molecule has 1 aliphatic heterocycles. The van der Waals surface area contributed by atoms with Crippen LogP contribution in [0.1, 0.15) is 37.0 Å². The van der Waals surface area contributed by atoms with Crippen molar-refractivity contribution in [1.29, 1.82) is 0 Å². The van der Waals surface area contributed by atoms with E-state index in [-0.39, 0.29) is 0 Å². The van der Waals surface area contributed by atoms with Crippen LogP contribution in [0.25, 0.3) is 0 Å². The van der Waals surface area contributed by atoms with Gasteiger partial charge in [0, 0.05) is 0 Å². The summed E-state index contributed by atoms with van der Waals surface area (Å²) in [5.41, 5.74) is 2.88. The highest BCUT2D eigenvalue weighted by atomic mass is 16.5. The van der Waals surface area contributed by atoms with Gasteiger partial charge in [-0.15, -0.1) is 0 Å². The van der Waals surface area contributed by atoms with Gasteiger partial charge in [0.05, 0.1) is 12.7 Å². The summed E-state index contributed by atoms with van der Waals surface area (Å²) in [5.74, 6) is 0. The first-order chi connectivity index (χ1) is 7.92. The van der Waals surface area contributed by atoms with Crippen molar-refractivity contribution in [2.75, 3.05) is 19.7 Å². The van der Waals surface area contributed by atoms with E-state index in [1.807, 2.05) is 0 Å². The molecule has 1 atom stereocenters. The van der Waals surface area contributed by atoms with E-state index in [2.05, 4.69) is 36.5 Å². The first-order valence-corrected chi connectivity index (χ1v) is 6.32. The quantitative estimate of drug-likeness (QED) is 0.769. The third kappa shape index (κ3) is 2.83. The average Bonchev–Trinajstić information content (AvgIpc) is 2.35. The molecule has 16 heavy (non-hydrogen) atoms. The van der Waals surface area contributed by atoms with Gasteiger partial charge in [-0.3, -0.25) is 0 Å². The van der Waals surface area contributed by atoms with E-state index in [1.165, 1.54) is 17.5 Å². The minimum Gasteiger partial charge on any atom is -0.373 e. The molecule has 0 bridgehead atoms. The Balaban J connectivity index is 1.91. The van der Waals surface area contributed by atoms with E-state index in [1.54, 1.807) is 0 Å². The number of benzene rings is 1. The van der Waals surface area contributed by atoms with Gasteiger partial charge in [-0.1, -0.05) is 31.2 Å². The molecule has 0 amide bonds. The number of hydrogen-bond acceptors (Lipinski definition) is 2. The molecule has 1 unspecified atom stereocenters. The van der Waals surface area contributed by atoms with Crippen LogP contribution in [0.15, 0.2) is 24.3 Å². The Morgan fingerprint density at radius 1 is 1.38 bits per heavy atom. The Morgan fingerprint density at radius 3 is 3.12 bits per heavy atom. The summed E-state index contributed by atoms with van der Waals surface area (Å²) in [4.78, 5) is 0. The molecule has 0 saturated carbocycles. The van der Waals surface area contributed by atoms with Crippen LogP contribution < -0.4 is 5.32 Å². The van der Waals surface area contributed by atoms with Crippen molar-refractivity contribution in [3.05, 3.63) is 35.4 Å². The van der Waals surface area contributed by atoms with Crippen molar-refractivity contribution in [3.63, 3.8) is 0 Å². The molecule has 0 saturated heterocycles. The van der Waals surface area contributed by atoms with Crippen LogP contribution in [-0.2, 0) is 11.2 Å². The molecule has 1 heterocycles. The van der Waals surface area contributed by atoms with Gasteiger partial charge in [0.15, 0.2) is 0 Å². The van der Waals surface area contributed by atoms with E-state index < -0.39 is 0 Å². The van der Waals surface area contributed by atoms with Gasteiger partial charge >= 0.3 is 0 Å². The van der Waals surface area contributed by atoms with E-state index in [4.69, 9.17) is 4.74 Å². The molecule has 0 aliphatic carbocycles.